The third-order valence-corrected chi connectivity index (χ3v) is 3.62. The molecule has 0 aliphatic rings. The zero-order valence-electron chi connectivity index (χ0n) is 13.2. The third kappa shape index (κ3) is 3.60. The largest absolute Gasteiger partial charge is 0.488 e. The van der Waals surface area contributed by atoms with Crippen LogP contribution in [0.1, 0.15) is 25.0 Å². The molecule has 4 heteroatoms. The van der Waals surface area contributed by atoms with Crippen molar-refractivity contribution in [2.75, 3.05) is 0 Å². The highest BCUT2D eigenvalue weighted by Gasteiger charge is 2.19. The Bertz CT molecular complexity index is 787. The molecule has 0 radical (unpaired) electrons. The fourth-order valence-corrected chi connectivity index (χ4v) is 2.53. The van der Waals surface area contributed by atoms with Gasteiger partial charge in [-0.15, -0.1) is 0 Å². The first kappa shape index (κ1) is 16.8. The quantitative estimate of drug-likeness (QED) is 0.674. The van der Waals surface area contributed by atoms with Crippen LogP contribution in [0.25, 0.3) is 16.7 Å². The molecule has 3 nitrogen and oxygen atoms in total. The molecule has 2 N–H and O–H groups in total. The molecule has 0 heterocycles. The van der Waals surface area contributed by atoms with Crippen molar-refractivity contribution in [2.24, 2.45) is 0 Å². The minimum absolute atomic E-state index is 0.363. The van der Waals surface area contributed by atoms with E-state index in [0.717, 1.165) is 11.1 Å². The zero-order valence-corrected chi connectivity index (χ0v) is 13.2. The number of nitrogens with zero attached hydrogens (tertiary/aromatic N) is 1. The van der Waals surface area contributed by atoms with Gasteiger partial charge in [0.2, 0.25) is 0 Å². The Balaban J connectivity index is 2.82. The minimum Gasteiger partial charge on any atom is -0.423 e. The summed E-state index contributed by atoms with van der Waals surface area (Å²) in [6.07, 6.45) is 5.69. The average molecular weight is 303 g/mol. The van der Waals surface area contributed by atoms with Gasteiger partial charge in [-0.05, 0) is 41.6 Å². The van der Waals surface area contributed by atoms with Crippen LogP contribution in [0.3, 0.4) is 0 Å². The van der Waals surface area contributed by atoms with Gasteiger partial charge in [0.1, 0.15) is 6.07 Å². The van der Waals surface area contributed by atoms with Crippen molar-refractivity contribution in [3.05, 3.63) is 71.8 Å². The highest BCUT2D eigenvalue weighted by atomic mass is 16.4. The van der Waals surface area contributed by atoms with E-state index in [1.807, 2.05) is 62.4 Å². The van der Waals surface area contributed by atoms with Gasteiger partial charge in [-0.2, -0.15) is 5.26 Å². The van der Waals surface area contributed by atoms with Gasteiger partial charge in [-0.3, -0.25) is 0 Å². The molecule has 0 saturated carbocycles. The molecule has 0 aliphatic carbocycles. The zero-order chi connectivity index (χ0) is 16.8. The molecule has 0 aromatic heterocycles. The average Bonchev–Trinajstić information content (AvgIpc) is 2.59. The Hall–Kier alpha value is -2.61. The maximum atomic E-state index is 9.68. The van der Waals surface area contributed by atoms with Crippen LogP contribution in [0.5, 0.6) is 0 Å². The number of hydrogen-bond acceptors (Lipinski definition) is 3. The lowest BCUT2D eigenvalue weighted by Gasteiger charge is -2.14. The first-order valence-electron chi connectivity index (χ1n) is 7.41. The van der Waals surface area contributed by atoms with Gasteiger partial charge in [0.05, 0.1) is 5.56 Å². The topological polar surface area (TPSA) is 64.2 Å². The van der Waals surface area contributed by atoms with E-state index in [9.17, 15) is 15.3 Å². The van der Waals surface area contributed by atoms with Crippen molar-refractivity contribution < 1.29 is 10.0 Å². The summed E-state index contributed by atoms with van der Waals surface area (Å²) in [5.41, 5.74) is 4.00. The van der Waals surface area contributed by atoms with Crippen molar-refractivity contribution >= 4 is 18.2 Å². The highest BCUT2D eigenvalue weighted by molar-refractivity contribution is 6.58. The Morgan fingerprint density at radius 2 is 1.83 bits per heavy atom. The number of nitriles is 1. The van der Waals surface area contributed by atoms with Crippen LogP contribution in [-0.2, 0) is 0 Å². The number of allylic oxidation sites excluding steroid dienone is 4. The summed E-state index contributed by atoms with van der Waals surface area (Å²) < 4.78 is 0. The fourth-order valence-electron chi connectivity index (χ4n) is 2.53. The maximum absolute atomic E-state index is 9.68. The van der Waals surface area contributed by atoms with Crippen LogP contribution in [0.4, 0.5) is 0 Å². The van der Waals surface area contributed by atoms with Crippen LogP contribution < -0.4 is 5.46 Å². The minimum atomic E-state index is -1.59. The maximum Gasteiger partial charge on any atom is 0.488 e. The SMILES string of the molecule is C/C=C\C(=C/C)c1cc(B(O)O)cc(-c2ccccc2)c1C#N. The molecular formula is C19H18BNO2. The molecule has 0 spiro atoms. The second-order valence-electron chi connectivity index (χ2n) is 5.09. The van der Waals surface area contributed by atoms with E-state index < -0.39 is 7.12 Å². The van der Waals surface area contributed by atoms with Crippen LogP contribution in [-0.4, -0.2) is 17.2 Å². The number of rotatable bonds is 4. The van der Waals surface area contributed by atoms with E-state index in [-0.39, 0.29) is 0 Å². The second kappa shape index (κ2) is 7.60. The van der Waals surface area contributed by atoms with E-state index in [2.05, 4.69) is 6.07 Å². The summed E-state index contributed by atoms with van der Waals surface area (Å²) in [5, 5.41) is 28.9. The summed E-state index contributed by atoms with van der Waals surface area (Å²) >= 11 is 0. The Morgan fingerprint density at radius 3 is 2.35 bits per heavy atom. The standard InChI is InChI=1S/C19H18BNO2/c1-3-8-14(4-2)17-11-16(20(22)23)12-18(19(17)13-21)15-9-6-5-7-10-15/h3-12,22-23H,1-2H3/b8-3-,14-4+. The first-order chi connectivity index (χ1) is 11.1. The molecule has 2 rings (SSSR count). The monoisotopic (exact) mass is 303 g/mol. The molecule has 0 fully saturated rings. The molecule has 2 aromatic carbocycles. The molecular weight excluding hydrogens is 285 g/mol. The van der Waals surface area contributed by atoms with Crippen molar-refractivity contribution in [2.45, 2.75) is 13.8 Å². The molecule has 23 heavy (non-hydrogen) atoms. The van der Waals surface area contributed by atoms with Crippen LogP contribution in [0.15, 0.2) is 60.7 Å². The molecule has 114 valence electrons. The van der Waals surface area contributed by atoms with Gasteiger partial charge < -0.3 is 10.0 Å². The molecule has 0 amide bonds. The molecule has 0 atom stereocenters. The predicted octanol–water partition coefficient (Wildman–Crippen LogP) is 2.88. The Kier molecular flexibility index (Phi) is 5.53. The molecule has 0 saturated heterocycles. The van der Waals surface area contributed by atoms with Gasteiger partial charge in [0, 0.05) is 0 Å². The van der Waals surface area contributed by atoms with Crippen LogP contribution >= 0.6 is 0 Å². The van der Waals surface area contributed by atoms with Gasteiger partial charge in [-0.1, -0.05) is 60.7 Å². The molecule has 2 aromatic rings. The lowest BCUT2D eigenvalue weighted by Crippen LogP contribution is -2.30. The summed E-state index contributed by atoms with van der Waals surface area (Å²) in [6, 6.07) is 15.1. The van der Waals surface area contributed by atoms with Crippen LogP contribution in [0, 0.1) is 11.3 Å². The first-order valence-corrected chi connectivity index (χ1v) is 7.41. The molecule has 0 unspecified atom stereocenters. The number of benzene rings is 2. The van der Waals surface area contributed by atoms with E-state index >= 15 is 0 Å². The Morgan fingerprint density at radius 1 is 1.13 bits per heavy atom. The van der Waals surface area contributed by atoms with Gasteiger partial charge in [0.25, 0.3) is 0 Å². The fraction of sp³-hybridized carbons (Fsp3) is 0.105. The molecule has 0 bridgehead atoms. The summed E-state index contributed by atoms with van der Waals surface area (Å²) in [7, 11) is -1.59. The normalized spacial score (nSPS) is 11.5. The van der Waals surface area contributed by atoms with E-state index in [0.29, 0.717) is 22.2 Å². The van der Waals surface area contributed by atoms with E-state index in [1.54, 1.807) is 12.1 Å². The smallest absolute Gasteiger partial charge is 0.423 e. The van der Waals surface area contributed by atoms with Gasteiger partial charge in [-0.25, -0.2) is 0 Å². The summed E-state index contributed by atoms with van der Waals surface area (Å²) in [4.78, 5) is 0. The predicted molar refractivity (Wildman–Crippen MR) is 94.9 cm³/mol. The third-order valence-electron chi connectivity index (χ3n) is 3.62. The summed E-state index contributed by atoms with van der Waals surface area (Å²) in [5.74, 6) is 0. The van der Waals surface area contributed by atoms with E-state index in [1.165, 1.54) is 0 Å². The highest BCUT2D eigenvalue weighted by Crippen LogP contribution is 2.29. The number of hydrogen-bond donors (Lipinski definition) is 2. The van der Waals surface area contributed by atoms with Gasteiger partial charge >= 0.3 is 7.12 Å². The summed E-state index contributed by atoms with van der Waals surface area (Å²) in [6.45, 7) is 3.79. The van der Waals surface area contributed by atoms with Crippen molar-refractivity contribution in [1.29, 1.82) is 5.26 Å². The lowest BCUT2D eigenvalue weighted by molar-refractivity contribution is 0.426. The second-order valence-corrected chi connectivity index (χ2v) is 5.09. The van der Waals surface area contributed by atoms with Gasteiger partial charge in [0.15, 0.2) is 0 Å². The lowest BCUT2D eigenvalue weighted by atomic mass is 9.75. The Labute approximate surface area is 137 Å². The van der Waals surface area contributed by atoms with Crippen LogP contribution in [0.2, 0.25) is 0 Å². The molecule has 0 aliphatic heterocycles. The van der Waals surface area contributed by atoms with Crippen molar-refractivity contribution in [3.63, 3.8) is 0 Å². The van der Waals surface area contributed by atoms with E-state index in [4.69, 9.17) is 0 Å². The van der Waals surface area contributed by atoms with Crippen molar-refractivity contribution in [1.82, 2.24) is 0 Å². The van der Waals surface area contributed by atoms with Crippen molar-refractivity contribution in [3.8, 4) is 17.2 Å².